The molecule has 0 saturated carbocycles. The van der Waals surface area contributed by atoms with Gasteiger partial charge in [0.05, 0.1) is 15.8 Å². The van der Waals surface area contributed by atoms with E-state index in [9.17, 15) is 19.7 Å². The third kappa shape index (κ3) is 3.59. The second kappa shape index (κ2) is 7.35. The van der Waals surface area contributed by atoms with Crippen LogP contribution < -0.4 is 5.32 Å². The van der Waals surface area contributed by atoms with Gasteiger partial charge in [-0.2, -0.15) is 5.10 Å². The number of ketones is 1. The number of carbonyl (C=O) groups excluding carboxylic acids is 2. The van der Waals surface area contributed by atoms with Gasteiger partial charge < -0.3 is 5.32 Å². The summed E-state index contributed by atoms with van der Waals surface area (Å²) < 4.78 is 0. The van der Waals surface area contributed by atoms with Crippen LogP contribution in [0.3, 0.4) is 0 Å². The lowest BCUT2D eigenvalue weighted by Crippen LogP contribution is -2.13. The van der Waals surface area contributed by atoms with E-state index in [1.807, 2.05) is 6.07 Å². The average Bonchev–Trinajstić information content (AvgIpc) is 3.16. The number of non-ortho nitro benzene ring substituents is 1. The van der Waals surface area contributed by atoms with Crippen LogP contribution >= 0.6 is 0 Å². The zero-order chi connectivity index (χ0) is 20.4. The number of aromatic amines is 1. The maximum absolute atomic E-state index is 12.5. The summed E-state index contributed by atoms with van der Waals surface area (Å²) in [7, 11) is 0. The molecule has 3 aromatic carbocycles. The second-order valence-electron chi connectivity index (χ2n) is 6.29. The molecule has 0 unspecified atom stereocenters. The summed E-state index contributed by atoms with van der Waals surface area (Å²) in [5.41, 5.74) is 1.83. The zero-order valence-corrected chi connectivity index (χ0v) is 15.0. The average molecular weight is 386 g/mol. The van der Waals surface area contributed by atoms with Crippen LogP contribution in [0.15, 0.2) is 72.8 Å². The van der Waals surface area contributed by atoms with Gasteiger partial charge in [-0.15, -0.1) is 0 Å². The quantitative estimate of drug-likeness (QED) is 0.306. The molecular weight excluding hydrogens is 372 g/mol. The van der Waals surface area contributed by atoms with Crippen molar-refractivity contribution in [2.75, 3.05) is 5.32 Å². The van der Waals surface area contributed by atoms with Gasteiger partial charge in [-0.3, -0.25) is 24.8 Å². The van der Waals surface area contributed by atoms with E-state index < -0.39 is 10.8 Å². The Balaban J connectivity index is 1.55. The first-order valence-electron chi connectivity index (χ1n) is 8.66. The molecule has 4 aromatic rings. The van der Waals surface area contributed by atoms with Gasteiger partial charge in [0.2, 0.25) is 0 Å². The maximum atomic E-state index is 12.5. The molecule has 0 spiro atoms. The molecule has 1 heterocycles. The summed E-state index contributed by atoms with van der Waals surface area (Å²) in [4.78, 5) is 35.4. The highest BCUT2D eigenvalue weighted by molar-refractivity contribution is 6.11. The van der Waals surface area contributed by atoms with E-state index in [-0.39, 0.29) is 17.3 Å². The number of anilines is 1. The number of nitro benzene ring substituents is 1. The van der Waals surface area contributed by atoms with E-state index in [1.54, 1.807) is 48.5 Å². The SMILES string of the molecule is O=C(Nc1n[nH]c2ccc([N+](=O)[O-])cc12)c1ccc(C(=O)c2ccccc2)cc1. The monoisotopic (exact) mass is 386 g/mol. The minimum atomic E-state index is -0.513. The summed E-state index contributed by atoms with van der Waals surface area (Å²) >= 11 is 0. The predicted octanol–water partition coefficient (Wildman–Crippen LogP) is 3.95. The Morgan fingerprint density at radius 1 is 0.897 bits per heavy atom. The van der Waals surface area contributed by atoms with Crippen LogP contribution in [0.25, 0.3) is 10.9 Å². The second-order valence-corrected chi connectivity index (χ2v) is 6.29. The smallest absolute Gasteiger partial charge is 0.270 e. The topological polar surface area (TPSA) is 118 Å². The summed E-state index contributed by atoms with van der Waals surface area (Å²) in [6.45, 7) is 0. The molecule has 0 aliphatic heterocycles. The Labute approximate surface area is 164 Å². The van der Waals surface area contributed by atoms with E-state index >= 15 is 0 Å². The van der Waals surface area contributed by atoms with Crippen molar-refractivity contribution >= 4 is 34.1 Å². The normalized spacial score (nSPS) is 10.6. The van der Waals surface area contributed by atoms with Crippen molar-refractivity contribution in [2.24, 2.45) is 0 Å². The first-order valence-corrected chi connectivity index (χ1v) is 8.66. The lowest BCUT2D eigenvalue weighted by Gasteiger charge is -2.05. The van der Waals surface area contributed by atoms with Gasteiger partial charge in [0.25, 0.3) is 11.6 Å². The van der Waals surface area contributed by atoms with Crippen LogP contribution in [-0.4, -0.2) is 26.8 Å². The third-order valence-electron chi connectivity index (χ3n) is 4.43. The van der Waals surface area contributed by atoms with E-state index in [0.717, 1.165) is 0 Å². The van der Waals surface area contributed by atoms with Crippen molar-refractivity contribution in [1.29, 1.82) is 0 Å². The largest absolute Gasteiger partial charge is 0.305 e. The van der Waals surface area contributed by atoms with Crippen molar-refractivity contribution in [3.63, 3.8) is 0 Å². The highest BCUT2D eigenvalue weighted by Crippen LogP contribution is 2.25. The molecule has 0 fully saturated rings. The van der Waals surface area contributed by atoms with Gasteiger partial charge in [-0.05, 0) is 18.2 Å². The van der Waals surface area contributed by atoms with Gasteiger partial charge in [0, 0.05) is 28.8 Å². The van der Waals surface area contributed by atoms with E-state index in [2.05, 4.69) is 15.5 Å². The molecule has 142 valence electrons. The number of rotatable bonds is 5. The molecule has 0 radical (unpaired) electrons. The molecule has 0 saturated heterocycles. The summed E-state index contributed by atoms with van der Waals surface area (Å²) in [6, 6.07) is 19.3. The van der Waals surface area contributed by atoms with Crippen LogP contribution in [0, 0.1) is 10.1 Å². The van der Waals surface area contributed by atoms with Gasteiger partial charge in [-0.25, -0.2) is 0 Å². The lowest BCUT2D eigenvalue weighted by atomic mass is 10.0. The van der Waals surface area contributed by atoms with Crippen LogP contribution in [0.5, 0.6) is 0 Å². The van der Waals surface area contributed by atoms with Crippen molar-refractivity contribution in [3.05, 3.63) is 99.6 Å². The van der Waals surface area contributed by atoms with E-state index in [0.29, 0.717) is 27.6 Å². The van der Waals surface area contributed by atoms with Crippen LogP contribution in [0.4, 0.5) is 11.5 Å². The molecule has 8 nitrogen and oxygen atoms in total. The number of nitro groups is 1. The van der Waals surface area contributed by atoms with Crippen molar-refractivity contribution < 1.29 is 14.5 Å². The predicted molar refractivity (Wildman–Crippen MR) is 107 cm³/mol. The minimum Gasteiger partial charge on any atom is -0.305 e. The number of hydrogen-bond donors (Lipinski definition) is 2. The number of H-pyrrole nitrogens is 1. The molecule has 29 heavy (non-hydrogen) atoms. The van der Waals surface area contributed by atoms with Crippen LogP contribution in [0.2, 0.25) is 0 Å². The first-order chi connectivity index (χ1) is 14.0. The fraction of sp³-hybridized carbons (Fsp3) is 0. The number of fused-ring (bicyclic) bond motifs is 1. The van der Waals surface area contributed by atoms with Crippen molar-refractivity contribution in [3.8, 4) is 0 Å². The number of nitrogens with zero attached hydrogens (tertiary/aromatic N) is 2. The van der Waals surface area contributed by atoms with Crippen LogP contribution in [-0.2, 0) is 0 Å². The van der Waals surface area contributed by atoms with Gasteiger partial charge in [0.15, 0.2) is 11.6 Å². The summed E-state index contributed by atoms with van der Waals surface area (Å²) in [6.07, 6.45) is 0. The Hall–Kier alpha value is -4.33. The molecule has 1 aromatic heterocycles. The number of benzene rings is 3. The molecule has 0 aliphatic rings. The molecule has 0 bridgehead atoms. The number of amides is 1. The Kier molecular flexibility index (Phi) is 4.58. The zero-order valence-electron chi connectivity index (χ0n) is 15.0. The van der Waals surface area contributed by atoms with Gasteiger partial charge in [-0.1, -0.05) is 42.5 Å². The van der Waals surface area contributed by atoms with Crippen molar-refractivity contribution in [2.45, 2.75) is 0 Å². The maximum Gasteiger partial charge on any atom is 0.270 e. The Bertz CT molecular complexity index is 1230. The molecule has 0 aliphatic carbocycles. The molecule has 1 amide bonds. The molecule has 0 atom stereocenters. The Morgan fingerprint density at radius 2 is 1.55 bits per heavy atom. The number of aromatic nitrogens is 2. The molecule has 8 heteroatoms. The lowest BCUT2D eigenvalue weighted by molar-refractivity contribution is -0.384. The molecule has 2 N–H and O–H groups in total. The fourth-order valence-corrected chi connectivity index (χ4v) is 2.92. The number of carbonyl (C=O) groups is 2. The van der Waals surface area contributed by atoms with Crippen molar-refractivity contribution in [1.82, 2.24) is 10.2 Å². The van der Waals surface area contributed by atoms with E-state index in [4.69, 9.17) is 0 Å². The number of hydrogen-bond acceptors (Lipinski definition) is 5. The molecular formula is C21H14N4O4. The summed E-state index contributed by atoms with van der Waals surface area (Å²) in [5.74, 6) is -0.384. The summed E-state index contributed by atoms with van der Waals surface area (Å²) in [5, 5.41) is 20.8. The minimum absolute atomic E-state index is 0.0989. The Morgan fingerprint density at radius 3 is 2.24 bits per heavy atom. The standard InChI is InChI=1S/C21H14N4O4/c26-19(13-4-2-1-3-5-13)14-6-8-15(9-7-14)21(27)22-20-17-12-16(25(28)29)10-11-18(17)23-24-20/h1-12H,(H2,22,23,24,27). The highest BCUT2D eigenvalue weighted by atomic mass is 16.6. The van der Waals surface area contributed by atoms with E-state index in [1.165, 1.54) is 18.2 Å². The highest BCUT2D eigenvalue weighted by Gasteiger charge is 2.15. The third-order valence-corrected chi connectivity index (χ3v) is 4.43. The van der Waals surface area contributed by atoms with Gasteiger partial charge >= 0.3 is 0 Å². The number of nitrogens with one attached hydrogen (secondary N) is 2. The van der Waals surface area contributed by atoms with Gasteiger partial charge in [0.1, 0.15) is 0 Å². The molecule has 4 rings (SSSR count). The first kappa shape index (κ1) is 18.1. The van der Waals surface area contributed by atoms with Crippen LogP contribution in [0.1, 0.15) is 26.3 Å². The fourth-order valence-electron chi connectivity index (χ4n) is 2.92.